The van der Waals surface area contributed by atoms with E-state index in [0.717, 1.165) is 23.3 Å². The van der Waals surface area contributed by atoms with Crippen LogP contribution in [0, 0.1) is 0 Å². The van der Waals surface area contributed by atoms with Gasteiger partial charge in [0, 0.05) is 40.2 Å². The number of nitrogens with one attached hydrogen (secondary N) is 1. The highest BCUT2D eigenvalue weighted by Crippen LogP contribution is 2.38. The van der Waals surface area contributed by atoms with Crippen LogP contribution in [0.15, 0.2) is 72.8 Å². The average molecular weight is 546 g/mol. The van der Waals surface area contributed by atoms with Gasteiger partial charge in [0.15, 0.2) is 0 Å². The molecule has 0 aliphatic carbocycles. The fourth-order valence-corrected chi connectivity index (χ4v) is 6.66. The number of nitrogens with zero attached hydrogens (tertiary/aromatic N) is 1. The first-order chi connectivity index (χ1) is 17.0. The molecule has 1 aliphatic heterocycles. The summed E-state index contributed by atoms with van der Waals surface area (Å²) in [7, 11) is 0. The number of halogens is 2. The van der Waals surface area contributed by atoms with E-state index in [4.69, 9.17) is 23.2 Å². The van der Waals surface area contributed by atoms with Gasteiger partial charge in [-0.25, -0.2) is 0 Å². The quantitative estimate of drug-likeness (QED) is 0.297. The monoisotopic (exact) mass is 544 g/mol. The largest absolute Gasteiger partial charge is 0.351 e. The van der Waals surface area contributed by atoms with Crippen molar-refractivity contribution in [1.82, 2.24) is 10.2 Å². The van der Waals surface area contributed by atoms with Crippen molar-refractivity contribution in [3.63, 3.8) is 0 Å². The van der Waals surface area contributed by atoms with Crippen LogP contribution in [0.4, 0.5) is 0 Å². The van der Waals surface area contributed by atoms with Gasteiger partial charge in [-0.2, -0.15) is 11.8 Å². The lowest BCUT2D eigenvalue weighted by Gasteiger charge is -2.24. The number of hydrogen-bond donors (Lipinski definition) is 1. The Labute approximate surface area is 224 Å². The zero-order valence-electron chi connectivity index (χ0n) is 19.1. The Balaban J connectivity index is 1.26. The van der Waals surface area contributed by atoms with Gasteiger partial charge < -0.3 is 10.2 Å². The van der Waals surface area contributed by atoms with E-state index in [1.54, 1.807) is 23.5 Å². The molecule has 0 spiro atoms. The summed E-state index contributed by atoms with van der Waals surface area (Å²) in [4.78, 5) is 27.0. The number of benzene rings is 3. The first-order valence-corrected chi connectivity index (χ1v) is 14.3. The maximum Gasteiger partial charge on any atom is 0.251 e. The van der Waals surface area contributed by atoms with Crippen molar-refractivity contribution >= 4 is 58.5 Å². The number of hydrogen-bond acceptors (Lipinski definition) is 4. The van der Waals surface area contributed by atoms with Crippen LogP contribution in [0.5, 0.6) is 0 Å². The van der Waals surface area contributed by atoms with E-state index in [9.17, 15) is 9.59 Å². The maximum atomic E-state index is 12.6. The molecular weight excluding hydrogens is 519 g/mol. The lowest BCUT2D eigenvalue weighted by atomic mass is 10.1. The molecule has 1 heterocycles. The number of carbonyl (C=O) groups excluding carboxylic acids is 2. The third-order valence-corrected chi connectivity index (χ3v) is 8.70. The summed E-state index contributed by atoms with van der Waals surface area (Å²) < 4.78 is 0. The molecule has 2 amide bonds. The molecule has 35 heavy (non-hydrogen) atoms. The van der Waals surface area contributed by atoms with Crippen LogP contribution in [0.3, 0.4) is 0 Å². The minimum atomic E-state index is -0.107. The molecule has 1 aliphatic rings. The molecule has 4 nitrogen and oxygen atoms in total. The molecule has 1 fully saturated rings. The Hall–Kier alpha value is -2.12. The van der Waals surface area contributed by atoms with Gasteiger partial charge in [-0.05, 0) is 47.4 Å². The standard InChI is InChI=1S/C27H26Cl2N2O2S2/c28-23-7-4-8-24(29)22(23)17-34-16-14-30-26(33)20-9-11-21(12-10-20)27-31(25(32)18-35-27)15-13-19-5-2-1-3-6-19/h1-12,27H,13-18H2,(H,30,33)/t27-/m1/s1. The number of amides is 2. The normalized spacial score (nSPS) is 15.4. The van der Waals surface area contributed by atoms with Gasteiger partial charge in [0.1, 0.15) is 5.37 Å². The molecule has 1 N–H and O–H groups in total. The van der Waals surface area contributed by atoms with Crippen LogP contribution in [-0.4, -0.2) is 41.3 Å². The van der Waals surface area contributed by atoms with Gasteiger partial charge in [-0.3, -0.25) is 9.59 Å². The maximum absolute atomic E-state index is 12.6. The first kappa shape index (κ1) is 26.0. The topological polar surface area (TPSA) is 49.4 Å². The predicted molar refractivity (Wildman–Crippen MR) is 148 cm³/mol. The van der Waals surface area contributed by atoms with Crippen LogP contribution in [-0.2, 0) is 17.0 Å². The SMILES string of the molecule is O=C(NCCSCc1c(Cl)cccc1Cl)c1ccc([C@H]2SCC(=O)N2CCc2ccccc2)cc1. The summed E-state index contributed by atoms with van der Waals surface area (Å²) in [6.07, 6.45) is 0.824. The molecule has 8 heteroatoms. The van der Waals surface area contributed by atoms with E-state index < -0.39 is 0 Å². The smallest absolute Gasteiger partial charge is 0.251 e. The van der Waals surface area contributed by atoms with E-state index in [-0.39, 0.29) is 17.2 Å². The van der Waals surface area contributed by atoms with Crippen molar-refractivity contribution in [3.05, 3.63) is 105 Å². The van der Waals surface area contributed by atoms with E-state index in [2.05, 4.69) is 17.4 Å². The fraction of sp³-hybridized carbons (Fsp3) is 0.259. The Bertz CT molecular complexity index is 1140. The highest BCUT2D eigenvalue weighted by atomic mass is 35.5. The number of carbonyl (C=O) groups is 2. The van der Waals surface area contributed by atoms with Crippen molar-refractivity contribution < 1.29 is 9.59 Å². The minimum absolute atomic E-state index is 0.0173. The molecule has 1 atom stereocenters. The summed E-state index contributed by atoms with van der Waals surface area (Å²) in [6.45, 7) is 1.23. The molecular formula is C27H26Cl2N2O2S2. The predicted octanol–water partition coefficient (Wildman–Crippen LogP) is 6.47. The van der Waals surface area contributed by atoms with Crippen molar-refractivity contribution in [1.29, 1.82) is 0 Å². The Kier molecular flexibility index (Phi) is 9.44. The van der Waals surface area contributed by atoms with Crippen LogP contribution in [0.1, 0.15) is 32.4 Å². The molecule has 0 bridgehead atoms. The van der Waals surface area contributed by atoms with Crippen molar-refractivity contribution in [2.45, 2.75) is 17.5 Å². The van der Waals surface area contributed by atoms with Crippen LogP contribution in [0.25, 0.3) is 0 Å². The second-order valence-corrected chi connectivity index (χ2v) is 11.1. The van der Waals surface area contributed by atoms with Gasteiger partial charge in [-0.1, -0.05) is 71.7 Å². The molecule has 0 unspecified atom stereocenters. The summed E-state index contributed by atoms with van der Waals surface area (Å²) in [6, 6.07) is 23.3. The molecule has 0 radical (unpaired) electrons. The fourth-order valence-electron chi connectivity index (χ4n) is 3.85. The van der Waals surface area contributed by atoms with E-state index in [0.29, 0.717) is 40.2 Å². The highest BCUT2D eigenvalue weighted by molar-refractivity contribution is 8.00. The van der Waals surface area contributed by atoms with E-state index >= 15 is 0 Å². The molecule has 182 valence electrons. The Morgan fingerprint density at radius 3 is 2.43 bits per heavy atom. The second-order valence-electron chi connectivity index (χ2n) is 8.12. The molecule has 3 aromatic carbocycles. The molecule has 3 aromatic rings. The summed E-state index contributed by atoms with van der Waals surface area (Å²) in [5.41, 5.74) is 3.79. The first-order valence-electron chi connectivity index (χ1n) is 11.4. The third kappa shape index (κ3) is 6.98. The van der Waals surface area contributed by atoms with Crippen molar-refractivity contribution in [3.8, 4) is 0 Å². The Morgan fingerprint density at radius 2 is 1.71 bits per heavy atom. The van der Waals surface area contributed by atoms with Crippen LogP contribution in [0.2, 0.25) is 10.0 Å². The number of thioether (sulfide) groups is 2. The lowest BCUT2D eigenvalue weighted by Crippen LogP contribution is -2.30. The Morgan fingerprint density at radius 1 is 1.00 bits per heavy atom. The third-order valence-electron chi connectivity index (χ3n) is 5.75. The molecule has 0 aromatic heterocycles. The summed E-state index contributed by atoms with van der Waals surface area (Å²) in [5.74, 6) is 1.99. The van der Waals surface area contributed by atoms with Gasteiger partial charge in [0.25, 0.3) is 5.91 Å². The van der Waals surface area contributed by atoms with E-state index in [1.807, 2.05) is 65.6 Å². The molecule has 1 saturated heterocycles. The second kappa shape index (κ2) is 12.7. The zero-order chi connectivity index (χ0) is 24.6. The van der Waals surface area contributed by atoms with Gasteiger partial charge >= 0.3 is 0 Å². The van der Waals surface area contributed by atoms with Gasteiger partial charge in [-0.15, -0.1) is 11.8 Å². The van der Waals surface area contributed by atoms with Gasteiger partial charge in [0.05, 0.1) is 5.75 Å². The van der Waals surface area contributed by atoms with Crippen LogP contribution < -0.4 is 5.32 Å². The molecule has 4 rings (SSSR count). The zero-order valence-corrected chi connectivity index (χ0v) is 22.2. The highest BCUT2D eigenvalue weighted by Gasteiger charge is 2.32. The van der Waals surface area contributed by atoms with Crippen LogP contribution >= 0.6 is 46.7 Å². The van der Waals surface area contributed by atoms with Crippen molar-refractivity contribution in [2.75, 3.05) is 24.6 Å². The van der Waals surface area contributed by atoms with Gasteiger partial charge in [0.2, 0.25) is 5.91 Å². The number of rotatable bonds is 10. The summed E-state index contributed by atoms with van der Waals surface area (Å²) in [5, 5.41) is 4.27. The van der Waals surface area contributed by atoms with Crippen molar-refractivity contribution in [2.24, 2.45) is 0 Å². The minimum Gasteiger partial charge on any atom is -0.351 e. The lowest BCUT2D eigenvalue weighted by molar-refractivity contribution is -0.128. The molecule has 0 saturated carbocycles. The summed E-state index contributed by atoms with van der Waals surface area (Å²) >= 11 is 15.7. The average Bonchev–Trinajstić information content (AvgIpc) is 3.24. The van der Waals surface area contributed by atoms with E-state index in [1.165, 1.54) is 5.56 Å².